The van der Waals surface area contributed by atoms with Crippen LogP contribution in [0.2, 0.25) is 0 Å². The van der Waals surface area contributed by atoms with Crippen molar-refractivity contribution >= 4 is 17.9 Å². The highest BCUT2D eigenvalue weighted by Crippen LogP contribution is 2.17. The topological polar surface area (TPSA) is 78.9 Å². The molecule has 1 aromatic carbocycles. The summed E-state index contributed by atoms with van der Waals surface area (Å²) in [7, 11) is 0. The number of benzene rings is 1. The summed E-state index contributed by atoms with van der Waals surface area (Å²) in [5.41, 5.74) is 3.37. The normalized spacial score (nSPS) is 18.9. The zero-order valence-electron chi connectivity index (χ0n) is 16.9. The van der Waals surface area contributed by atoms with E-state index < -0.39 is 17.9 Å². The predicted molar refractivity (Wildman–Crippen MR) is 109 cm³/mol. The van der Waals surface area contributed by atoms with E-state index in [1.54, 1.807) is 24.3 Å². The quantitative estimate of drug-likeness (QED) is 0.425. The largest absolute Gasteiger partial charge is 0.490 e. The Hall–Kier alpha value is -2.86. The lowest BCUT2D eigenvalue weighted by Crippen LogP contribution is -2.54. The van der Waals surface area contributed by atoms with Crippen LogP contribution in [-0.4, -0.2) is 34.7 Å². The molecule has 1 heterocycles. The Balaban J connectivity index is 1.92. The zero-order chi connectivity index (χ0) is 20.7. The number of carbonyl (C=O) groups is 2. The van der Waals surface area contributed by atoms with E-state index in [1.165, 1.54) is 24.1 Å². The fourth-order valence-electron chi connectivity index (χ4n) is 2.60. The molecule has 150 valence electrons. The fraction of sp³-hybridized carbons (Fsp3) is 0.364. The number of ether oxygens (including phenoxy) is 1. The molecular formula is C22H28N2O4. The minimum atomic E-state index is -0.904. The highest BCUT2D eigenvalue weighted by molar-refractivity contribution is 6.06. The Bertz CT molecular complexity index is 802. The number of hydroxylamine groups is 2. The lowest BCUT2D eigenvalue weighted by Gasteiger charge is -2.28. The molecular weight excluding hydrogens is 356 g/mol. The first-order chi connectivity index (χ1) is 13.3. The molecule has 2 amide bonds. The van der Waals surface area contributed by atoms with E-state index >= 15 is 0 Å². The second-order valence-electron chi connectivity index (χ2n) is 7.12. The van der Waals surface area contributed by atoms with E-state index in [0.717, 1.165) is 12.8 Å². The van der Waals surface area contributed by atoms with Gasteiger partial charge in [-0.1, -0.05) is 29.4 Å². The molecule has 2 N–H and O–H groups in total. The SMILES string of the molecule is CC(C)=CCC/C(C)=C/COc1ccc(/C=C2\NC(=O)[C@H](C)N(O)C2=O)cc1. The molecule has 1 aliphatic heterocycles. The van der Waals surface area contributed by atoms with Crippen LogP contribution in [0.25, 0.3) is 6.08 Å². The molecule has 0 aromatic heterocycles. The molecule has 1 saturated heterocycles. The van der Waals surface area contributed by atoms with Crippen molar-refractivity contribution in [3.05, 3.63) is 58.8 Å². The van der Waals surface area contributed by atoms with Crippen LogP contribution in [0, 0.1) is 0 Å². The summed E-state index contributed by atoms with van der Waals surface area (Å²) in [6.45, 7) is 8.24. The number of nitrogens with one attached hydrogen (secondary N) is 1. The lowest BCUT2D eigenvalue weighted by molar-refractivity contribution is -0.178. The van der Waals surface area contributed by atoms with Gasteiger partial charge in [0.05, 0.1) is 0 Å². The smallest absolute Gasteiger partial charge is 0.294 e. The van der Waals surface area contributed by atoms with E-state index in [0.29, 0.717) is 23.0 Å². The Morgan fingerprint density at radius 1 is 1.18 bits per heavy atom. The first-order valence-electron chi connectivity index (χ1n) is 9.34. The Morgan fingerprint density at radius 3 is 2.50 bits per heavy atom. The summed E-state index contributed by atoms with van der Waals surface area (Å²) in [5, 5.41) is 12.6. The maximum absolute atomic E-state index is 12.0. The molecule has 0 bridgehead atoms. The second kappa shape index (κ2) is 9.90. The number of nitrogens with zero attached hydrogens (tertiary/aromatic N) is 1. The third-order valence-corrected chi connectivity index (χ3v) is 4.41. The highest BCUT2D eigenvalue weighted by atomic mass is 16.5. The Labute approximate surface area is 166 Å². The molecule has 2 rings (SSSR count). The first kappa shape index (κ1) is 21.4. The van der Waals surface area contributed by atoms with Crippen LogP contribution < -0.4 is 10.1 Å². The van der Waals surface area contributed by atoms with Crippen LogP contribution in [0.4, 0.5) is 0 Å². The molecule has 1 aromatic rings. The van der Waals surface area contributed by atoms with E-state index in [1.807, 2.05) is 0 Å². The number of amides is 2. The molecule has 1 atom stereocenters. The average molecular weight is 384 g/mol. The summed E-state index contributed by atoms with van der Waals surface area (Å²) < 4.78 is 5.72. The standard InChI is InChI=1S/C22H28N2O4/c1-15(2)6-5-7-16(3)12-13-28-19-10-8-18(9-11-19)14-20-22(26)24(27)17(4)21(25)23-20/h6,8-12,14,17,27H,5,7,13H2,1-4H3,(H,23,25)/b16-12+,20-14-/t17-/m0/s1. The van der Waals surface area contributed by atoms with Crippen molar-refractivity contribution in [1.82, 2.24) is 10.4 Å². The number of carbonyl (C=O) groups excluding carboxylic acids is 2. The molecule has 0 saturated carbocycles. The molecule has 0 unspecified atom stereocenters. The fourth-order valence-corrected chi connectivity index (χ4v) is 2.60. The van der Waals surface area contributed by atoms with Crippen LogP contribution in [0.15, 0.2) is 53.3 Å². The van der Waals surface area contributed by atoms with Crippen molar-refractivity contribution in [2.45, 2.75) is 46.6 Å². The molecule has 6 nitrogen and oxygen atoms in total. The Kier molecular flexibility index (Phi) is 7.58. The van der Waals surface area contributed by atoms with E-state index in [4.69, 9.17) is 4.74 Å². The summed E-state index contributed by atoms with van der Waals surface area (Å²) in [6, 6.07) is 6.26. The van der Waals surface area contributed by atoms with Crippen LogP contribution in [-0.2, 0) is 9.59 Å². The van der Waals surface area contributed by atoms with Gasteiger partial charge in [0.2, 0.25) is 5.91 Å². The molecule has 6 heteroatoms. The van der Waals surface area contributed by atoms with Gasteiger partial charge in [0.1, 0.15) is 24.1 Å². The minimum Gasteiger partial charge on any atom is -0.490 e. The van der Waals surface area contributed by atoms with Gasteiger partial charge in [0.25, 0.3) is 5.91 Å². The highest BCUT2D eigenvalue weighted by Gasteiger charge is 2.33. The van der Waals surface area contributed by atoms with Gasteiger partial charge >= 0.3 is 0 Å². The third-order valence-electron chi connectivity index (χ3n) is 4.41. The van der Waals surface area contributed by atoms with Gasteiger partial charge in [-0.3, -0.25) is 14.8 Å². The van der Waals surface area contributed by atoms with Gasteiger partial charge in [-0.2, -0.15) is 0 Å². The number of hydrogen-bond acceptors (Lipinski definition) is 4. The number of piperazine rings is 1. The minimum absolute atomic E-state index is 0.0363. The number of hydrogen-bond donors (Lipinski definition) is 2. The van der Waals surface area contributed by atoms with Gasteiger partial charge in [-0.15, -0.1) is 0 Å². The number of rotatable bonds is 7. The van der Waals surface area contributed by atoms with E-state index in [2.05, 4.69) is 38.2 Å². The van der Waals surface area contributed by atoms with Crippen LogP contribution in [0.1, 0.15) is 46.1 Å². The van der Waals surface area contributed by atoms with Crippen molar-refractivity contribution in [2.24, 2.45) is 0 Å². The zero-order valence-corrected chi connectivity index (χ0v) is 16.9. The van der Waals surface area contributed by atoms with Crippen molar-refractivity contribution in [2.75, 3.05) is 6.61 Å². The summed E-state index contributed by atoms with van der Waals surface area (Å²) in [6.07, 6.45) is 7.87. The van der Waals surface area contributed by atoms with Gasteiger partial charge in [-0.25, -0.2) is 5.06 Å². The molecule has 1 fully saturated rings. The lowest BCUT2D eigenvalue weighted by atomic mass is 10.1. The average Bonchev–Trinajstić information content (AvgIpc) is 2.65. The molecule has 0 spiro atoms. The monoisotopic (exact) mass is 384 g/mol. The van der Waals surface area contributed by atoms with Gasteiger partial charge in [0, 0.05) is 0 Å². The van der Waals surface area contributed by atoms with Gasteiger partial charge in [0.15, 0.2) is 0 Å². The van der Waals surface area contributed by atoms with Crippen molar-refractivity contribution in [1.29, 1.82) is 0 Å². The molecule has 0 aliphatic carbocycles. The van der Waals surface area contributed by atoms with E-state index in [-0.39, 0.29) is 5.70 Å². The van der Waals surface area contributed by atoms with Gasteiger partial charge in [-0.05, 0) is 70.4 Å². The van der Waals surface area contributed by atoms with Crippen molar-refractivity contribution in [3.63, 3.8) is 0 Å². The van der Waals surface area contributed by atoms with Crippen molar-refractivity contribution < 1.29 is 19.5 Å². The van der Waals surface area contributed by atoms with Crippen LogP contribution >= 0.6 is 0 Å². The second-order valence-corrected chi connectivity index (χ2v) is 7.12. The maximum Gasteiger partial charge on any atom is 0.294 e. The number of allylic oxidation sites excluding steroid dienone is 3. The van der Waals surface area contributed by atoms with E-state index in [9.17, 15) is 14.8 Å². The molecule has 0 radical (unpaired) electrons. The van der Waals surface area contributed by atoms with Crippen LogP contribution in [0.3, 0.4) is 0 Å². The summed E-state index contributed by atoms with van der Waals surface area (Å²) in [4.78, 5) is 23.8. The maximum atomic E-state index is 12.0. The third kappa shape index (κ3) is 6.09. The predicted octanol–water partition coefficient (Wildman–Crippen LogP) is 3.84. The van der Waals surface area contributed by atoms with Crippen molar-refractivity contribution in [3.8, 4) is 5.75 Å². The summed E-state index contributed by atoms with van der Waals surface area (Å²) in [5.74, 6) is -0.354. The molecule has 28 heavy (non-hydrogen) atoms. The van der Waals surface area contributed by atoms with Crippen LogP contribution in [0.5, 0.6) is 5.75 Å². The van der Waals surface area contributed by atoms with Gasteiger partial charge < -0.3 is 10.1 Å². The summed E-state index contributed by atoms with van der Waals surface area (Å²) >= 11 is 0. The Morgan fingerprint density at radius 2 is 1.86 bits per heavy atom. The molecule has 1 aliphatic rings. The first-order valence-corrected chi connectivity index (χ1v) is 9.34.